The van der Waals surface area contributed by atoms with Crippen molar-refractivity contribution in [3.8, 4) is 0 Å². The largest absolute Gasteiger partial charge is 0.334 e. The van der Waals surface area contributed by atoms with Crippen LogP contribution in [0.25, 0.3) is 0 Å². The van der Waals surface area contributed by atoms with Gasteiger partial charge in [0.1, 0.15) is 11.7 Å². The number of amides is 1. The number of nitrogens with two attached hydrogens (primary N) is 1. The summed E-state index contributed by atoms with van der Waals surface area (Å²) < 4.78 is 13.4. The first-order chi connectivity index (χ1) is 8.99. The lowest BCUT2D eigenvalue weighted by Crippen LogP contribution is -2.50. The molecule has 6 nitrogen and oxygen atoms in total. The third kappa shape index (κ3) is 2.87. The van der Waals surface area contributed by atoms with E-state index < -0.39 is 23.0 Å². The molecule has 2 rings (SSSR count). The standard InChI is InChI=1S/C12H14FN3O3/c13-8-5-9(14)7-15(6-8)12(17)10-3-1-2-4-11(10)16(18)19/h1-4,8-9H,5-7,14H2/t8-,9+/m1/s1. The average molecular weight is 267 g/mol. The van der Waals surface area contributed by atoms with Crippen molar-refractivity contribution in [2.75, 3.05) is 13.1 Å². The van der Waals surface area contributed by atoms with Gasteiger partial charge in [0, 0.05) is 18.7 Å². The third-order valence-electron chi connectivity index (χ3n) is 3.05. The Kier molecular flexibility index (Phi) is 3.75. The van der Waals surface area contributed by atoms with Crippen LogP contribution in [0.3, 0.4) is 0 Å². The van der Waals surface area contributed by atoms with Crippen LogP contribution in [0, 0.1) is 10.1 Å². The topological polar surface area (TPSA) is 89.5 Å². The number of carbonyl (C=O) groups is 1. The highest BCUT2D eigenvalue weighted by atomic mass is 19.1. The molecule has 1 heterocycles. The van der Waals surface area contributed by atoms with Crippen LogP contribution in [0.2, 0.25) is 0 Å². The van der Waals surface area contributed by atoms with E-state index in [4.69, 9.17) is 5.73 Å². The number of nitrogens with zero attached hydrogens (tertiary/aromatic N) is 2. The van der Waals surface area contributed by atoms with Gasteiger partial charge in [0.2, 0.25) is 0 Å². The number of alkyl halides is 1. The van der Waals surface area contributed by atoms with Crippen molar-refractivity contribution >= 4 is 11.6 Å². The Balaban J connectivity index is 2.27. The summed E-state index contributed by atoms with van der Waals surface area (Å²) in [5, 5.41) is 10.9. The van der Waals surface area contributed by atoms with Gasteiger partial charge in [0.25, 0.3) is 11.6 Å². The van der Waals surface area contributed by atoms with Gasteiger partial charge in [-0.3, -0.25) is 14.9 Å². The molecule has 0 saturated carbocycles. The summed E-state index contributed by atoms with van der Waals surface area (Å²) in [7, 11) is 0. The Bertz CT molecular complexity index is 499. The summed E-state index contributed by atoms with van der Waals surface area (Å²) in [5.41, 5.74) is 5.35. The van der Waals surface area contributed by atoms with Crippen LogP contribution in [0.15, 0.2) is 24.3 Å². The maximum Gasteiger partial charge on any atom is 0.282 e. The zero-order chi connectivity index (χ0) is 14.0. The highest BCUT2D eigenvalue weighted by Crippen LogP contribution is 2.22. The first kappa shape index (κ1) is 13.4. The Morgan fingerprint density at radius 2 is 2.11 bits per heavy atom. The van der Waals surface area contributed by atoms with Crippen LogP contribution >= 0.6 is 0 Å². The number of para-hydroxylation sites is 1. The van der Waals surface area contributed by atoms with E-state index in [1.807, 2.05) is 0 Å². The van der Waals surface area contributed by atoms with Gasteiger partial charge in [0.05, 0.1) is 11.5 Å². The maximum absolute atomic E-state index is 13.4. The molecule has 1 fully saturated rings. The third-order valence-corrected chi connectivity index (χ3v) is 3.05. The monoisotopic (exact) mass is 267 g/mol. The van der Waals surface area contributed by atoms with E-state index in [1.54, 1.807) is 0 Å². The number of halogens is 1. The van der Waals surface area contributed by atoms with Crippen LogP contribution in [0.5, 0.6) is 0 Å². The van der Waals surface area contributed by atoms with E-state index >= 15 is 0 Å². The lowest BCUT2D eigenvalue weighted by Gasteiger charge is -2.32. The number of hydrogen-bond donors (Lipinski definition) is 1. The SMILES string of the molecule is N[C@H]1C[C@@H](F)CN(C(=O)c2ccccc2[N+](=O)[O-])C1. The van der Waals surface area contributed by atoms with Gasteiger partial charge in [-0.2, -0.15) is 0 Å². The summed E-state index contributed by atoms with van der Waals surface area (Å²) >= 11 is 0. The number of benzene rings is 1. The lowest BCUT2D eigenvalue weighted by atomic mass is 10.0. The number of likely N-dealkylation sites (tertiary alicyclic amines) is 1. The van der Waals surface area contributed by atoms with E-state index in [9.17, 15) is 19.3 Å². The molecule has 0 unspecified atom stereocenters. The second-order valence-electron chi connectivity index (χ2n) is 4.58. The molecule has 1 amide bonds. The molecule has 19 heavy (non-hydrogen) atoms. The van der Waals surface area contributed by atoms with Crippen LogP contribution in [0.4, 0.5) is 10.1 Å². The van der Waals surface area contributed by atoms with Gasteiger partial charge in [0.15, 0.2) is 0 Å². The Hall–Kier alpha value is -2.02. The van der Waals surface area contributed by atoms with Gasteiger partial charge < -0.3 is 10.6 Å². The van der Waals surface area contributed by atoms with Crippen molar-refractivity contribution in [1.29, 1.82) is 0 Å². The fourth-order valence-electron chi connectivity index (χ4n) is 2.22. The Labute approximate surface area is 109 Å². The van der Waals surface area contributed by atoms with Crippen molar-refractivity contribution < 1.29 is 14.1 Å². The molecule has 2 atom stereocenters. The van der Waals surface area contributed by atoms with Crippen molar-refractivity contribution in [3.63, 3.8) is 0 Å². The summed E-state index contributed by atoms with van der Waals surface area (Å²) in [6.45, 7) is 0.143. The van der Waals surface area contributed by atoms with Crippen molar-refractivity contribution in [1.82, 2.24) is 4.90 Å². The quantitative estimate of drug-likeness (QED) is 0.642. The van der Waals surface area contributed by atoms with Crippen LogP contribution < -0.4 is 5.73 Å². The molecule has 0 bridgehead atoms. The van der Waals surface area contributed by atoms with E-state index in [-0.39, 0.29) is 30.8 Å². The minimum absolute atomic E-state index is 0.0335. The van der Waals surface area contributed by atoms with Gasteiger partial charge in [-0.05, 0) is 12.5 Å². The van der Waals surface area contributed by atoms with Crippen molar-refractivity contribution in [2.45, 2.75) is 18.6 Å². The maximum atomic E-state index is 13.4. The highest BCUT2D eigenvalue weighted by molar-refractivity contribution is 5.98. The van der Waals surface area contributed by atoms with E-state index in [0.29, 0.717) is 0 Å². The number of rotatable bonds is 2. The molecule has 7 heteroatoms. The number of hydrogen-bond acceptors (Lipinski definition) is 4. The number of piperidine rings is 1. The molecule has 0 aromatic heterocycles. The summed E-state index contributed by atoms with van der Waals surface area (Å²) in [6, 6.07) is 5.21. The number of nitro benzene ring substituents is 1. The molecule has 1 aliphatic heterocycles. The molecule has 0 radical (unpaired) electrons. The van der Waals surface area contributed by atoms with Crippen LogP contribution in [0.1, 0.15) is 16.8 Å². The molecule has 0 aliphatic carbocycles. The van der Waals surface area contributed by atoms with Gasteiger partial charge in [-0.25, -0.2) is 4.39 Å². The summed E-state index contributed by atoms with van der Waals surface area (Å²) in [6.07, 6.45) is -0.976. The van der Waals surface area contributed by atoms with Crippen LogP contribution in [-0.2, 0) is 0 Å². The van der Waals surface area contributed by atoms with E-state index in [1.165, 1.54) is 29.2 Å². The first-order valence-corrected chi connectivity index (χ1v) is 5.91. The molecule has 1 aromatic rings. The summed E-state index contributed by atoms with van der Waals surface area (Å²) in [5.74, 6) is -0.551. The Morgan fingerprint density at radius 1 is 1.42 bits per heavy atom. The van der Waals surface area contributed by atoms with E-state index in [2.05, 4.69) is 0 Å². The normalized spacial score (nSPS) is 23.2. The molecular weight excluding hydrogens is 253 g/mol. The van der Waals surface area contributed by atoms with E-state index in [0.717, 1.165) is 0 Å². The molecule has 1 saturated heterocycles. The Morgan fingerprint density at radius 3 is 2.74 bits per heavy atom. The van der Waals surface area contributed by atoms with Crippen LogP contribution in [-0.4, -0.2) is 41.0 Å². The molecular formula is C12H14FN3O3. The van der Waals surface area contributed by atoms with Crippen molar-refractivity contribution in [2.24, 2.45) is 5.73 Å². The highest BCUT2D eigenvalue weighted by Gasteiger charge is 2.31. The van der Waals surface area contributed by atoms with Crippen molar-refractivity contribution in [3.05, 3.63) is 39.9 Å². The smallest absolute Gasteiger partial charge is 0.282 e. The minimum atomic E-state index is -1.18. The zero-order valence-electron chi connectivity index (χ0n) is 10.2. The molecule has 2 N–H and O–H groups in total. The van der Waals surface area contributed by atoms with Gasteiger partial charge >= 0.3 is 0 Å². The number of carbonyl (C=O) groups excluding carboxylic acids is 1. The van der Waals surface area contributed by atoms with Gasteiger partial charge in [-0.1, -0.05) is 12.1 Å². The second kappa shape index (κ2) is 5.31. The summed E-state index contributed by atoms with van der Waals surface area (Å²) in [4.78, 5) is 23.7. The van der Waals surface area contributed by atoms with Gasteiger partial charge in [-0.15, -0.1) is 0 Å². The predicted molar refractivity (Wildman–Crippen MR) is 66.5 cm³/mol. The lowest BCUT2D eigenvalue weighted by molar-refractivity contribution is -0.385. The fourth-order valence-corrected chi connectivity index (χ4v) is 2.22. The first-order valence-electron chi connectivity index (χ1n) is 5.91. The molecule has 1 aliphatic rings. The predicted octanol–water partition coefficient (Wildman–Crippen LogP) is 1.11. The molecule has 102 valence electrons. The zero-order valence-corrected chi connectivity index (χ0v) is 10.2. The second-order valence-corrected chi connectivity index (χ2v) is 4.58. The molecule has 0 spiro atoms. The number of nitro groups is 1. The minimum Gasteiger partial charge on any atom is -0.334 e. The average Bonchev–Trinajstić information content (AvgIpc) is 2.36. The fraction of sp³-hybridized carbons (Fsp3) is 0.417. The molecule has 1 aromatic carbocycles.